The average Bonchev–Trinajstić information content (AvgIpc) is 2.84. The van der Waals surface area contributed by atoms with Gasteiger partial charge in [-0.15, -0.1) is 0 Å². The molecule has 3 rings (SSSR count). The van der Waals surface area contributed by atoms with Gasteiger partial charge in [0.05, 0.1) is 0 Å². The van der Waals surface area contributed by atoms with Crippen molar-refractivity contribution in [3.8, 4) is 0 Å². The van der Waals surface area contributed by atoms with Gasteiger partial charge < -0.3 is 4.90 Å². The highest BCUT2D eigenvalue weighted by atomic mass is 31.2. The maximum absolute atomic E-state index is 14.0. The van der Waals surface area contributed by atoms with Crippen molar-refractivity contribution in [1.29, 1.82) is 0 Å². The summed E-state index contributed by atoms with van der Waals surface area (Å²) in [7, 11) is -3.09. The van der Waals surface area contributed by atoms with E-state index < -0.39 is 7.29 Å². The third kappa shape index (κ3) is 6.18. The number of hydrogen-bond acceptors (Lipinski definition) is 2. The Bertz CT molecular complexity index is 933. The molecule has 0 amide bonds. The Labute approximate surface area is 187 Å². The predicted octanol–water partition coefficient (Wildman–Crippen LogP) is 6.44. The highest BCUT2D eigenvalue weighted by Gasteiger charge is 2.25. The molecule has 0 radical (unpaired) electrons. The fourth-order valence-electron chi connectivity index (χ4n) is 3.53. The first-order valence-electron chi connectivity index (χ1n) is 11.3. The second-order valence-electron chi connectivity index (χ2n) is 7.78. The third-order valence-corrected chi connectivity index (χ3v) is 7.84. The van der Waals surface area contributed by atoms with Crippen molar-refractivity contribution in [2.75, 3.05) is 18.0 Å². The lowest BCUT2D eigenvalue weighted by atomic mass is 10.2. The van der Waals surface area contributed by atoms with Crippen LogP contribution < -0.4 is 15.5 Å². The Morgan fingerprint density at radius 2 is 1.23 bits per heavy atom. The Balaban J connectivity index is 1.85. The highest BCUT2D eigenvalue weighted by molar-refractivity contribution is 7.77. The highest BCUT2D eigenvalue weighted by Crippen LogP contribution is 2.44. The lowest BCUT2D eigenvalue weighted by Crippen LogP contribution is -2.25. The smallest absolute Gasteiger partial charge is 0.247 e. The van der Waals surface area contributed by atoms with E-state index in [-0.39, 0.29) is 0 Å². The molecule has 0 bridgehead atoms. The van der Waals surface area contributed by atoms with E-state index >= 15 is 0 Å². The minimum Gasteiger partial charge on any atom is -0.372 e. The molecule has 162 valence electrons. The molecule has 0 N–H and O–H groups in total. The molecule has 0 atom stereocenters. The number of benzene rings is 3. The van der Waals surface area contributed by atoms with E-state index in [9.17, 15) is 4.57 Å². The summed E-state index contributed by atoms with van der Waals surface area (Å²) in [5.74, 6) is 0. The van der Waals surface area contributed by atoms with Crippen LogP contribution in [0.4, 0.5) is 5.69 Å². The van der Waals surface area contributed by atoms with Crippen LogP contribution >= 0.6 is 7.29 Å². The Morgan fingerprint density at radius 1 is 0.742 bits per heavy atom. The molecule has 0 aliphatic carbocycles. The molecular formula is C27H33N2OP. The summed E-state index contributed by atoms with van der Waals surface area (Å²) in [5.41, 5.74) is 2.20. The van der Waals surface area contributed by atoms with Crippen molar-refractivity contribution in [2.45, 2.75) is 39.5 Å². The zero-order valence-electron chi connectivity index (χ0n) is 18.7. The standard InChI is InChI=1S/C27H33N2OP/c1-3-5-21-29(22-6-4-2)25-19-17-24(18-20-25)23-28-31(30,26-13-9-7-10-14-26)27-15-11-8-12-16-27/h7-20,23H,3-6,21-22H2,1-2H3/b28-23+. The van der Waals surface area contributed by atoms with Crippen LogP contribution in [-0.4, -0.2) is 19.3 Å². The van der Waals surface area contributed by atoms with Gasteiger partial charge in [-0.2, -0.15) is 0 Å². The van der Waals surface area contributed by atoms with E-state index in [0.717, 1.165) is 29.3 Å². The monoisotopic (exact) mass is 432 g/mol. The van der Waals surface area contributed by atoms with Gasteiger partial charge in [-0.05, 0) is 54.8 Å². The summed E-state index contributed by atoms with van der Waals surface area (Å²) in [5, 5.41) is 1.50. The molecule has 0 saturated carbocycles. The molecule has 0 unspecified atom stereocenters. The van der Waals surface area contributed by atoms with E-state index in [4.69, 9.17) is 0 Å². The van der Waals surface area contributed by atoms with E-state index in [1.54, 1.807) is 6.21 Å². The van der Waals surface area contributed by atoms with E-state index in [0.29, 0.717) is 0 Å². The van der Waals surface area contributed by atoms with Gasteiger partial charge >= 0.3 is 0 Å². The van der Waals surface area contributed by atoms with Gasteiger partial charge in [0.1, 0.15) is 0 Å². The molecule has 3 aromatic carbocycles. The molecule has 3 aromatic rings. The Kier molecular flexibility index (Phi) is 8.67. The van der Waals surface area contributed by atoms with Crippen LogP contribution in [0.3, 0.4) is 0 Å². The summed E-state index contributed by atoms with van der Waals surface area (Å²) in [6.45, 7) is 6.63. The van der Waals surface area contributed by atoms with Crippen molar-refractivity contribution in [1.82, 2.24) is 0 Å². The van der Waals surface area contributed by atoms with Crippen molar-refractivity contribution >= 4 is 29.8 Å². The van der Waals surface area contributed by atoms with Crippen molar-refractivity contribution in [3.63, 3.8) is 0 Å². The second-order valence-corrected chi connectivity index (χ2v) is 10.2. The van der Waals surface area contributed by atoms with Gasteiger partial charge in [0.15, 0.2) is 0 Å². The summed E-state index contributed by atoms with van der Waals surface area (Å²) < 4.78 is 18.7. The molecule has 0 heterocycles. The molecular weight excluding hydrogens is 399 g/mol. The van der Waals surface area contributed by atoms with Crippen LogP contribution in [0, 0.1) is 0 Å². The van der Waals surface area contributed by atoms with E-state index in [2.05, 4.69) is 47.8 Å². The Morgan fingerprint density at radius 3 is 1.68 bits per heavy atom. The van der Waals surface area contributed by atoms with Gasteiger partial charge in [0.2, 0.25) is 7.29 Å². The first-order chi connectivity index (χ1) is 15.2. The lowest BCUT2D eigenvalue weighted by molar-refractivity contribution is 0.588. The summed E-state index contributed by atoms with van der Waals surface area (Å²) in [6, 6.07) is 27.6. The van der Waals surface area contributed by atoms with Crippen molar-refractivity contribution in [3.05, 3.63) is 90.5 Å². The van der Waals surface area contributed by atoms with Crippen LogP contribution in [0.5, 0.6) is 0 Å². The summed E-state index contributed by atoms with van der Waals surface area (Å²) in [4.78, 5) is 2.47. The number of rotatable bonds is 11. The fraction of sp³-hybridized carbons (Fsp3) is 0.296. The number of hydrogen-bond donors (Lipinski definition) is 0. The van der Waals surface area contributed by atoms with Crippen LogP contribution in [0.15, 0.2) is 89.7 Å². The maximum atomic E-state index is 14.0. The van der Waals surface area contributed by atoms with Crippen molar-refractivity contribution in [2.24, 2.45) is 4.76 Å². The number of unbranched alkanes of at least 4 members (excludes halogenated alkanes) is 2. The first kappa shape index (κ1) is 23.0. The van der Waals surface area contributed by atoms with Crippen LogP contribution in [0.1, 0.15) is 45.1 Å². The predicted molar refractivity (Wildman–Crippen MR) is 136 cm³/mol. The third-order valence-electron chi connectivity index (χ3n) is 5.40. The molecule has 0 aromatic heterocycles. The number of anilines is 1. The van der Waals surface area contributed by atoms with E-state index in [1.807, 2.05) is 60.7 Å². The minimum absolute atomic E-state index is 0.749. The van der Waals surface area contributed by atoms with Gasteiger partial charge in [0, 0.05) is 35.6 Å². The van der Waals surface area contributed by atoms with Gasteiger partial charge in [-0.1, -0.05) is 75.2 Å². The lowest BCUT2D eigenvalue weighted by Gasteiger charge is -2.24. The minimum atomic E-state index is -3.09. The summed E-state index contributed by atoms with van der Waals surface area (Å²) in [6.07, 6.45) is 6.55. The first-order valence-corrected chi connectivity index (χ1v) is 12.9. The van der Waals surface area contributed by atoms with E-state index in [1.165, 1.54) is 31.4 Å². The quantitative estimate of drug-likeness (QED) is 0.258. The molecule has 0 saturated heterocycles. The van der Waals surface area contributed by atoms with Crippen LogP contribution in [0.25, 0.3) is 0 Å². The van der Waals surface area contributed by atoms with Crippen LogP contribution in [-0.2, 0) is 4.57 Å². The van der Waals surface area contributed by atoms with Crippen molar-refractivity contribution < 1.29 is 4.57 Å². The fourth-order valence-corrected chi connectivity index (χ4v) is 5.54. The Hall–Kier alpha value is -2.64. The molecule has 0 aliphatic rings. The zero-order chi connectivity index (χ0) is 21.9. The zero-order valence-corrected chi connectivity index (χ0v) is 19.5. The van der Waals surface area contributed by atoms with Gasteiger partial charge in [-0.3, -0.25) is 4.57 Å². The molecule has 0 aliphatic heterocycles. The molecule has 0 fully saturated rings. The largest absolute Gasteiger partial charge is 0.372 e. The van der Waals surface area contributed by atoms with Gasteiger partial charge in [0.25, 0.3) is 0 Å². The topological polar surface area (TPSA) is 32.7 Å². The molecule has 3 nitrogen and oxygen atoms in total. The average molecular weight is 433 g/mol. The SMILES string of the molecule is CCCCN(CCCC)c1ccc(/C=N/P(=O)(c2ccccc2)c2ccccc2)cc1. The normalized spacial score (nSPS) is 11.7. The van der Waals surface area contributed by atoms with Gasteiger partial charge in [-0.25, -0.2) is 4.76 Å². The molecule has 31 heavy (non-hydrogen) atoms. The van der Waals surface area contributed by atoms with Crippen LogP contribution in [0.2, 0.25) is 0 Å². The molecule has 4 heteroatoms. The second kappa shape index (κ2) is 11.7. The maximum Gasteiger partial charge on any atom is 0.247 e. The molecule has 0 spiro atoms. The summed E-state index contributed by atoms with van der Waals surface area (Å²) >= 11 is 0. The number of nitrogens with zero attached hydrogens (tertiary/aromatic N) is 2.